The average molecular weight is 455 g/mol. The van der Waals surface area contributed by atoms with Crippen LogP contribution >= 0.6 is 0 Å². The van der Waals surface area contributed by atoms with Crippen molar-refractivity contribution in [3.05, 3.63) is 95.2 Å². The number of nitrogens with zero attached hydrogens (tertiary/aromatic N) is 1. The third-order valence-corrected chi connectivity index (χ3v) is 5.94. The number of aromatic amines is 1. The highest BCUT2D eigenvalue weighted by Crippen LogP contribution is 2.39. The smallest absolute Gasteiger partial charge is 0.171 e. The molecule has 6 nitrogen and oxygen atoms in total. The second-order valence-electron chi connectivity index (χ2n) is 8.13. The Hall–Kier alpha value is -3.87. The molecule has 3 N–H and O–H groups in total. The van der Waals surface area contributed by atoms with Crippen molar-refractivity contribution >= 4 is 28.1 Å². The van der Waals surface area contributed by atoms with Gasteiger partial charge in [-0.25, -0.2) is 0 Å². The summed E-state index contributed by atoms with van der Waals surface area (Å²) in [7, 11) is 0. The molecule has 1 aliphatic rings. The van der Waals surface area contributed by atoms with Crippen molar-refractivity contribution in [3.63, 3.8) is 0 Å². The Kier molecular flexibility index (Phi) is 6.16. The van der Waals surface area contributed by atoms with Gasteiger partial charge in [0.25, 0.3) is 0 Å². The Balaban J connectivity index is 1.67. The fourth-order valence-electron chi connectivity index (χ4n) is 4.33. The third-order valence-electron chi connectivity index (χ3n) is 5.94. The van der Waals surface area contributed by atoms with Gasteiger partial charge in [-0.15, -0.1) is 0 Å². The molecular weight excluding hydrogens is 428 g/mol. The Morgan fingerprint density at radius 3 is 2.44 bits per heavy atom. The summed E-state index contributed by atoms with van der Waals surface area (Å²) in [6.07, 6.45) is 4.21. The van der Waals surface area contributed by atoms with Crippen molar-refractivity contribution < 1.29 is 19.7 Å². The van der Waals surface area contributed by atoms with Gasteiger partial charge in [-0.2, -0.15) is 5.10 Å². The molecule has 0 unspecified atom stereocenters. The van der Waals surface area contributed by atoms with Crippen molar-refractivity contribution in [1.29, 1.82) is 0 Å². The maximum absolute atomic E-state index is 9.12. The Bertz CT molecular complexity index is 1370. The molecule has 0 spiro atoms. The number of hydrogen-bond donors (Lipinski definition) is 3. The molecule has 2 heterocycles. The second-order valence-corrected chi connectivity index (χ2v) is 8.13. The zero-order valence-corrected chi connectivity index (χ0v) is 18.9. The van der Waals surface area contributed by atoms with Crippen LogP contribution < -0.4 is 9.47 Å². The monoisotopic (exact) mass is 454 g/mol. The number of aromatic nitrogens is 2. The van der Waals surface area contributed by atoms with Gasteiger partial charge in [0.05, 0.1) is 11.7 Å². The molecule has 0 fully saturated rings. The molecule has 0 saturated carbocycles. The van der Waals surface area contributed by atoms with Crippen molar-refractivity contribution in [2.45, 2.75) is 19.6 Å². The highest BCUT2D eigenvalue weighted by Gasteiger charge is 2.17. The number of hydrogen-bond acceptors (Lipinski definition) is 5. The lowest BCUT2D eigenvalue weighted by Gasteiger charge is -2.21. The van der Waals surface area contributed by atoms with Crippen LogP contribution in [0.4, 0.5) is 0 Å². The molecule has 5 rings (SSSR count). The predicted octanol–water partition coefficient (Wildman–Crippen LogP) is 5.03. The first kappa shape index (κ1) is 21.9. The third kappa shape index (κ3) is 4.46. The lowest BCUT2D eigenvalue weighted by Crippen LogP contribution is -2.15. The van der Waals surface area contributed by atoms with E-state index in [0.29, 0.717) is 13.2 Å². The molecule has 172 valence electrons. The lowest BCUT2D eigenvalue weighted by molar-refractivity contribution is 0.00303. The molecule has 0 radical (unpaired) electrons. The predicted molar refractivity (Wildman–Crippen MR) is 133 cm³/mol. The van der Waals surface area contributed by atoms with Crippen LogP contribution in [0.3, 0.4) is 0 Å². The summed E-state index contributed by atoms with van der Waals surface area (Å²) in [5.74, 6) is 1.54. The van der Waals surface area contributed by atoms with Crippen LogP contribution in [0, 0.1) is 0 Å². The van der Waals surface area contributed by atoms with Crippen molar-refractivity contribution in [1.82, 2.24) is 10.2 Å². The molecule has 0 bridgehead atoms. The number of rotatable bonds is 6. The number of ether oxygens (including phenoxy) is 2. The first-order chi connectivity index (χ1) is 16.6. The second kappa shape index (κ2) is 9.55. The van der Waals surface area contributed by atoms with Gasteiger partial charge < -0.3 is 19.7 Å². The molecule has 6 heteroatoms. The van der Waals surface area contributed by atoms with Crippen molar-refractivity contribution in [2.24, 2.45) is 0 Å². The molecule has 0 amide bonds. The maximum Gasteiger partial charge on any atom is 0.171 e. The van der Waals surface area contributed by atoms with Crippen LogP contribution in [0.25, 0.3) is 28.1 Å². The van der Waals surface area contributed by atoms with E-state index in [-0.39, 0.29) is 0 Å². The van der Waals surface area contributed by atoms with Gasteiger partial charge >= 0.3 is 0 Å². The van der Waals surface area contributed by atoms with Gasteiger partial charge in [0, 0.05) is 5.39 Å². The Labute approximate surface area is 197 Å². The highest BCUT2D eigenvalue weighted by molar-refractivity contribution is 6.00. The Morgan fingerprint density at radius 1 is 0.941 bits per heavy atom. The van der Waals surface area contributed by atoms with E-state index in [0.717, 1.165) is 56.6 Å². The molecule has 0 saturated heterocycles. The van der Waals surface area contributed by atoms with Crippen LogP contribution in [-0.2, 0) is 0 Å². The number of benzene rings is 3. The zero-order valence-electron chi connectivity index (χ0n) is 18.9. The van der Waals surface area contributed by atoms with Gasteiger partial charge in [0.2, 0.25) is 0 Å². The van der Waals surface area contributed by atoms with Gasteiger partial charge in [0.15, 0.2) is 17.8 Å². The highest BCUT2D eigenvalue weighted by atomic mass is 16.6. The summed E-state index contributed by atoms with van der Waals surface area (Å²) in [6, 6.07) is 20.5. The molecule has 0 aliphatic carbocycles. The molecular formula is C28H26N2O4. The normalized spacial score (nSPS) is 14.1. The van der Waals surface area contributed by atoms with E-state index in [4.69, 9.17) is 19.7 Å². The van der Waals surface area contributed by atoms with Gasteiger partial charge in [0.1, 0.15) is 13.2 Å². The van der Waals surface area contributed by atoms with E-state index in [2.05, 4.69) is 59.6 Å². The van der Waals surface area contributed by atoms with Gasteiger partial charge in [-0.05, 0) is 70.2 Å². The minimum Gasteiger partial charge on any atom is -0.486 e. The molecule has 0 atom stereocenters. The quantitative estimate of drug-likeness (QED) is 0.281. The van der Waals surface area contributed by atoms with Crippen molar-refractivity contribution in [2.75, 3.05) is 13.2 Å². The van der Waals surface area contributed by atoms with E-state index >= 15 is 0 Å². The SMILES string of the molecule is CC/C(=C(/c1ccc(/C=C/C(O)O)cc1)c1ccc2[nH]ncc2c1)c1ccc2c(c1)OCCO2. The number of aliphatic hydroxyl groups is 2. The minimum absolute atomic E-state index is 0.545. The van der Waals surface area contributed by atoms with Crippen LogP contribution in [0.5, 0.6) is 11.5 Å². The summed E-state index contributed by atoms with van der Waals surface area (Å²) < 4.78 is 11.6. The van der Waals surface area contributed by atoms with E-state index < -0.39 is 6.29 Å². The summed E-state index contributed by atoms with van der Waals surface area (Å²) in [5.41, 5.74) is 7.43. The van der Waals surface area contributed by atoms with Crippen LogP contribution in [-0.4, -0.2) is 39.9 Å². The number of H-pyrrole nitrogens is 1. The van der Waals surface area contributed by atoms with Crippen LogP contribution in [0.2, 0.25) is 0 Å². The average Bonchev–Trinajstić information content (AvgIpc) is 3.34. The zero-order chi connectivity index (χ0) is 23.5. The lowest BCUT2D eigenvalue weighted by atomic mass is 9.87. The number of fused-ring (bicyclic) bond motifs is 2. The standard InChI is InChI=1S/C28H26N2O4/c1-2-23(20-9-11-25-26(16-20)34-14-13-33-25)28(21-8-10-24-22(15-21)17-29-30-24)19-6-3-18(4-7-19)5-12-27(31)32/h3-12,15-17,27,31-32H,2,13-14H2,1H3,(H,29,30)/b12-5+,28-23+. The Morgan fingerprint density at radius 2 is 1.68 bits per heavy atom. The first-order valence-electron chi connectivity index (χ1n) is 11.3. The van der Waals surface area contributed by atoms with Crippen LogP contribution in [0.15, 0.2) is 72.9 Å². The number of aliphatic hydroxyl groups excluding tert-OH is 1. The number of nitrogens with one attached hydrogen (secondary N) is 1. The first-order valence-corrected chi connectivity index (χ1v) is 11.3. The van der Waals surface area contributed by atoms with Crippen LogP contribution in [0.1, 0.15) is 35.6 Å². The largest absolute Gasteiger partial charge is 0.486 e. The summed E-state index contributed by atoms with van der Waals surface area (Å²) in [4.78, 5) is 0. The van der Waals surface area contributed by atoms with E-state index in [1.54, 1.807) is 6.08 Å². The summed E-state index contributed by atoms with van der Waals surface area (Å²) in [6.45, 7) is 3.26. The fourth-order valence-corrected chi connectivity index (χ4v) is 4.33. The summed E-state index contributed by atoms with van der Waals surface area (Å²) in [5, 5.41) is 26.5. The molecule has 1 aliphatic heterocycles. The fraction of sp³-hybridized carbons (Fsp3) is 0.179. The minimum atomic E-state index is -1.47. The maximum atomic E-state index is 9.12. The van der Waals surface area contributed by atoms with Crippen molar-refractivity contribution in [3.8, 4) is 11.5 Å². The topological polar surface area (TPSA) is 87.6 Å². The van der Waals surface area contributed by atoms with Gasteiger partial charge in [-0.1, -0.05) is 49.4 Å². The molecule has 4 aromatic rings. The van der Waals surface area contributed by atoms with E-state index in [1.165, 1.54) is 11.6 Å². The number of allylic oxidation sites excluding steroid dienone is 1. The molecule has 3 aromatic carbocycles. The molecule has 34 heavy (non-hydrogen) atoms. The van der Waals surface area contributed by atoms with E-state index in [9.17, 15) is 0 Å². The van der Waals surface area contributed by atoms with E-state index in [1.807, 2.05) is 24.4 Å². The molecule has 1 aromatic heterocycles. The summed E-state index contributed by atoms with van der Waals surface area (Å²) >= 11 is 0. The van der Waals surface area contributed by atoms with Gasteiger partial charge in [-0.3, -0.25) is 5.10 Å².